The molecule has 0 atom stereocenters. The lowest BCUT2D eigenvalue weighted by Crippen LogP contribution is -1.92. The van der Waals surface area contributed by atoms with Crippen LogP contribution in [0.15, 0.2) is 24.3 Å². The molecule has 9 heteroatoms. The van der Waals surface area contributed by atoms with Crippen LogP contribution in [0.1, 0.15) is 0 Å². The Balaban J connectivity index is 0.000000385. The van der Waals surface area contributed by atoms with Gasteiger partial charge in [0.2, 0.25) is 0 Å². The molecule has 0 aromatic heterocycles. The highest BCUT2D eigenvalue weighted by molar-refractivity contribution is 8.09. The van der Waals surface area contributed by atoms with E-state index < -0.39 is 14.3 Å². The predicted octanol–water partition coefficient (Wildman–Crippen LogP) is 1.63. The third-order valence-corrected chi connectivity index (χ3v) is 1.28. The normalized spacial score (nSPS) is 9.94. The minimum absolute atomic E-state index is 0.00463. The molecule has 1 N–H and O–H groups in total. The van der Waals surface area contributed by atoms with Crippen LogP contribution in [0.4, 0.5) is 5.69 Å². The maximum atomic E-state index is 10.3. The van der Waals surface area contributed by atoms with E-state index in [-0.39, 0.29) is 11.4 Å². The largest absolute Gasteiger partial charge is 0.490 e. The lowest BCUT2D eigenvalue weighted by atomic mass is 10.3. The summed E-state index contributed by atoms with van der Waals surface area (Å²) in [7, 11) is 1.27. The number of hydrogen-bond acceptors (Lipinski definition) is 5. The molecule has 0 saturated heterocycles. The highest BCUT2D eigenvalue weighted by Crippen LogP contribution is 2.24. The van der Waals surface area contributed by atoms with E-state index in [1.54, 1.807) is 18.2 Å². The van der Waals surface area contributed by atoms with E-state index in [4.69, 9.17) is 17.7 Å². The number of nitrogens with zero attached hydrogens (tertiary/aromatic N) is 1. The van der Waals surface area contributed by atoms with Crippen molar-refractivity contribution in [2.75, 3.05) is 7.11 Å². The van der Waals surface area contributed by atoms with Gasteiger partial charge in [0.25, 0.3) is 0 Å². The summed E-state index contributed by atoms with van der Waals surface area (Å²) in [6.07, 6.45) is 0. The van der Waals surface area contributed by atoms with Gasteiger partial charge in [0.1, 0.15) is 0 Å². The van der Waals surface area contributed by atoms with Gasteiger partial charge in [0.05, 0.1) is 12.0 Å². The van der Waals surface area contributed by atoms with Gasteiger partial charge in [-0.05, 0) is 6.07 Å². The quantitative estimate of drug-likeness (QED) is 0.378. The van der Waals surface area contributed by atoms with Gasteiger partial charge in [-0.25, -0.2) is 0 Å². The smallest absolute Gasteiger partial charge is 0.353 e. The van der Waals surface area contributed by atoms with Gasteiger partial charge < -0.3 is 4.74 Å². The lowest BCUT2D eigenvalue weighted by Gasteiger charge is -1.98. The van der Waals surface area contributed by atoms with Crippen LogP contribution in [0.2, 0.25) is 0 Å². The van der Waals surface area contributed by atoms with Crippen molar-refractivity contribution in [3.8, 4) is 5.75 Å². The van der Waals surface area contributed by atoms with Gasteiger partial charge in [0, 0.05) is 16.7 Å². The second-order valence-electron chi connectivity index (χ2n) is 2.34. The lowest BCUT2D eigenvalue weighted by molar-refractivity contribution is -0.385. The zero-order valence-electron chi connectivity index (χ0n) is 8.03. The Morgan fingerprint density at radius 1 is 1.44 bits per heavy atom. The van der Waals surface area contributed by atoms with Crippen LogP contribution in [0.25, 0.3) is 0 Å². The second-order valence-corrected chi connectivity index (χ2v) is 4.34. The minimum Gasteiger partial charge on any atom is -0.490 e. The van der Waals surface area contributed by atoms with Crippen LogP contribution in [-0.4, -0.2) is 25.0 Å². The Kier molecular flexibility index (Phi) is 5.72. The van der Waals surface area contributed by atoms with Crippen LogP contribution in [0, 0.1) is 10.1 Å². The maximum Gasteiger partial charge on any atom is 0.353 e. The van der Waals surface area contributed by atoms with E-state index >= 15 is 0 Å². The Hall–Kier alpha value is -1.38. The SMILES string of the molecule is COc1ccccc1[N+](=O)[O-].O=S(=O)(O)Cl. The van der Waals surface area contributed by atoms with Crippen molar-refractivity contribution in [2.24, 2.45) is 0 Å². The molecule has 0 bridgehead atoms. The van der Waals surface area contributed by atoms with Gasteiger partial charge in [-0.15, -0.1) is 0 Å². The average molecular weight is 270 g/mol. The molecule has 0 aliphatic heterocycles. The van der Waals surface area contributed by atoms with Gasteiger partial charge in [0.15, 0.2) is 5.75 Å². The monoisotopic (exact) mass is 269 g/mol. The Bertz CT molecular complexity index is 452. The number of hydrogen-bond donors (Lipinski definition) is 1. The number of nitro benzene ring substituents is 1. The third kappa shape index (κ3) is 6.98. The first-order valence-electron chi connectivity index (χ1n) is 3.70. The maximum absolute atomic E-state index is 10.3. The van der Waals surface area contributed by atoms with Gasteiger partial charge in [-0.1, -0.05) is 12.1 Å². The van der Waals surface area contributed by atoms with Crippen molar-refractivity contribution in [2.45, 2.75) is 0 Å². The molecule has 1 rings (SSSR count). The molecule has 1 aromatic rings. The molecule has 0 heterocycles. The molecule has 0 aliphatic carbocycles. The molecule has 0 saturated carbocycles. The number of nitro groups is 1. The highest BCUT2D eigenvalue weighted by Gasteiger charge is 2.11. The van der Waals surface area contributed by atoms with Gasteiger partial charge >= 0.3 is 15.0 Å². The fraction of sp³-hybridized carbons (Fsp3) is 0.143. The number of benzene rings is 1. The average Bonchev–Trinajstić information content (AvgIpc) is 2.15. The summed E-state index contributed by atoms with van der Waals surface area (Å²) in [5.41, 5.74) is -0.00463. The number of halogens is 1. The third-order valence-electron chi connectivity index (χ3n) is 1.28. The summed E-state index contributed by atoms with van der Waals surface area (Å²) in [5.74, 6) is 0.289. The molecule has 90 valence electrons. The summed E-state index contributed by atoms with van der Waals surface area (Å²) in [4.78, 5) is 9.83. The van der Waals surface area contributed by atoms with E-state index in [1.165, 1.54) is 13.2 Å². The fourth-order valence-electron chi connectivity index (χ4n) is 0.781. The van der Waals surface area contributed by atoms with E-state index in [9.17, 15) is 10.1 Å². The topological polar surface area (TPSA) is 107 Å². The Labute approximate surface area is 96.0 Å². The molecule has 1 aromatic carbocycles. The van der Waals surface area contributed by atoms with Crippen molar-refractivity contribution in [1.29, 1.82) is 0 Å². The number of ether oxygens (including phenoxy) is 1. The molecule has 0 aliphatic rings. The second kappa shape index (κ2) is 6.26. The van der Waals surface area contributed by atoms with E-state index in [2.05, 4.69) is 10.7 Å². The zero-order valence-corrected chi connectivity index (χ0v) is 9.60. The predicted molar refractivity (Wildman–Crippen MR) is 57.1 cm³/mol. The van der Waals surface area contributed by atoms with Crippen molar-refractivity contribution in [1.82, 2.24) is 0 Å². The molecule has 0 spiro atoms. The van der Waals surface area contributed by atoms with E-state index in [0.29, 0.717) is 0 Å². The first-order chi connectivity index (χ1) is 7.25. The molecule has 0 amide bonds. The minimum atomic E-state index is -4.19. The summed E-state index contributed by atoms with van der Waals surface area (Å²) < 4.78 is 29.9. The Morgan fingerprint density at radius 3 is 2.19 bits per heavy atom. The Morgan fingerprint density at radius 2 is 1.88 bits per heavy atom. The van der Waals surface area contributed by atoms with Crippen LogP contribution in [0.3, 0.4) is 0 Å². The van der Waals surface area contributed by atoms with Crippen LogP contribution in [-0.2, 0) is 9.33 Å². The summed E-state index contributed by atoms with van der Waals surface area (Å²) in [6, 6.07) is 6.24. The van der Waals surface area contributed by atoms with Crippen LogP contribution in [0.5, 0.6) is 5.75 Å². The molecule has 0 radical (unpaired) electrons. The number of rotatable bonds is 2. The summed E-state index contributed by atoms with van der Waals surface area (Å²) in [6.45, 7) is 0. The molecular weight excluding hydrogens is 262 g/mol. The van der Waals surface area contributed by atoms with Gasteiger partial charge in [-0.2, -0.15) is 8.42 Å². The molecule has 0 unspecified atom stereocenters. The van der Waals surface area contributed by atoms with Crippen molar-refractivity contribution >= 4 is 25.7 Å². The highest BCUT2D eigenvalue weighted by atomic mass is 35.7. The first-order valence-corrected chi connectivity index (χ1v) is 5.96. The van der Waals surface area contributed by atoms with Crippen molar-refractivity contribution < 1.29 is 22.6 Å². The molecule has 0 fully saturated rings. The van der Waals surface area contributed by atoms with E-state index in [0.717, 1.165) is 0 Å². The molecule has 16 heavy (non-hydrogen) atoms. The van der Waals surface area contributed by atoms with Gasteiger partial charge in [-0.3, -0.25) is 14.7 Å². The van der Waals surface area contributed by atoms with E-state index in [1.807, 2.05) is 0 Å². The number of para-hydroxylation sites is 2. The van der Waals surface area contributed by atoms with Crippen molar-refractivity contribution in [3.63, 3.8) is 0 Å². The summed E-state index contributed by atoms with van der Waals surface area (Å²) in [5, 5.41) is 10.3. The van der Waals surface area contributed by atoms with Crippen LogP contribution < -0.4 is 4.74 Å². The van der Waals surface area contributed by atoms with Crippen molar-refractivity contribution in [3.05, 3.63) is 34.4 Å². The standard InChI is InChI=1S/C7H7NO3.ClHO3S/c1-11-7-5-3-2-4-6(7)8(9)10;1-5(2,3)4/h2-5H,1H3;(H,2,3,4). The first kappa shape index (κ1) is 14.6. The van der Waals surface area contributed by atoms with Crippen LogP contribution >= 0.6 is 10.7 Å². The fourth-order valence-corrected chi connectivity index (χ4v) is 0.781. The zero-order chi connectivity index (χ0) is 12.8. The number of methoxy groups -OCH3 is 1. The summed E-state index contributed by atoms with van der Waals surface area (Å²) >= 11 is 0. The molecule has 7 nitrogen and oxygen atoms in total. The molecular formula is C7H8ClNO6S.